The summed E-state index contributed by atoms with van der Waals surface area (Å²) in [7, 11) is 0. The van der Waals surface area contributed by atoms with Crippen LogP contribution in [0.1, 0.15) is 0 Å². The van der Waals surface area contributed by atoms with Crippen LogP contribution in [0.2, 0.25) is 0 Å². The van der Waals surface area contributed by atoms with Crippen LogP contribution in [0.15, 0.2) is 36.0 Å². The number of aromatic nitrogens is 5. The molecule has 0 aromatic carbocycles. The van der Waals surface area contributed by atoms with Crippen LogP contribution in [0.4, 0.5) is 5.69 Å². The summed E-state index contributed by atoms with van der Waals surface area (Å²) in [5.41, 5.74) is 7.56. The van der Waals surface area contributed by atoms with Crippen molar-refractivity contribution >= 4 is 33.3 Å². The molecule has 4 rings (SSSR count). The summed E-state index contributed by atoms with van der Waals surface area (Å²) < 4.78 is 1.73. The maximum absolute atomic E-state index is 5.93. The van der Waals surface area contributed by atoms with Gasteiger partial charge in [0.2, 0.25) is 4.96 Å². The van der Waals surface area contributed by atoms with Gasteiger partial charge in [-0.1, -0.05) is 11.3 Å². The van der Waals surface area contributed by atoms with Gasteiger partial charge in [0.25, 0.3) is 0 Å². The zero-order valence-electron chi connectivity index (χ0n) is 10.1. The van der Waals surface area contributed by atoms with E-state index in [1.807, 2.05) is 23.6 Å². The molecule has 4 heterocycles. The number of thiophene rings is 1. The molecule has 4 aromatic rings. The number of pyridine rings is 1. The fraction of sp³-hybridized carbons (Fsp3) is 0. The third-order valence-corrected chi connectivity index (χ3v) is 4.78. The van der Waals surface area contributed by atoms with Crippen LogP contribution in [0.5, 0.6) is 0 Å². The average molecular weight is 300 g/mol. The molecule has 0 unspecified atom stereocenters. The number of nitrogen functional groups attached to an aromatic ring is 1. The Balaban J connectivity index is 1.90. The van der Waals surface area contributed by atoms with Crippen molar-refractivity contribution in [3.63, 3.8) is 0 Å². The van der Waals surface area contributed by atoms with Crippen LogP contribution >= 0.6 is 22.7 Å². The third-order valence-electron chi connectivity index (χ3n) is 2.80. The molecule has 98 valence electrons. The predicted molar refractivity (Wildman–Crippen MR) is 79.6 cm³/mol. The topological polar surface area (TPSA) is 82.0 Å². The van der Waals surface area contributed by atoms with Crippen molar-refractivity contribution in [1.29, 1.82) is 0 Å². The summed E-state index contributed by atoms with van der Waals surface area (Å²) in [6.45, 7) is 0. The molecule has 0 atom stereocenters. The molecular formula is C12H8N6S2. The Morgan fingerprint density at radius 1 is 1.20 bits per heavy atom. The van der Waals surface area contributed by atoms with Gasteiger partial charge in [-0.2, -0.15) is 9.61 Å². The molecule has 0 bridgehead atoms. The van der Waals surface area contributed by atoms with Gasteiger partial charge >= 0.3 is 0 Å². The van der Waals surface area contributed by atoms with Crippen molar-refractivity contribution in [1.82, 2.24) is 24.8 Å². The average Bonchev–Trinajstić information content (AvgIpc) is 3.13. The minimum absolute atomic E-state index is 0.686. The highest BCUT2D eigenvalue weighted by molar-refractivity contribution is 7.24. The highest BCUT2D eigenvalue weighted by Gasteiger charge is 2.16. The van der Waals surface area contributed by atoms with Crippen molar-refractivity contribution in [2.24, 2.45) is 0 Å². The molecule has 0 aliphatic rings. The molecule has 0 spiro atoms. The normalized spacial score (nSPS) is 11.2. The van der Waals surface area contributed by atoms with Crippen LogP contribution in [-0.2, 0) is 0 Å². The molecule has 6 nitrogen and oxygen atoms in total. The second kappa shape index (κ2) is 4.36. The molecule has 4 aromatic heterocycles. The lowest BCUT2D eigenvalue weighted by Crippen LogP contribution is -1.91. The minimum atomic E-state index is 0.686. The lowest BCUT2D eigenvalue weighted by Gasteiger charge is -1.95. The lowest BCUT2D eigenvalue weighted by molar-refractivity contribution is 0.970. The second-order valence-electron chi connectivity index (χ2n) is 4.07. The standard InChI is InChI=1S/C12H8N6S2/c13-8-3-5-19-9(8)11-17-18-10(15-16-12(18)20-11)7-2-1-4-14-6-7/h1-6H,13H2. The van der Waals surface area contributed by atoms with Crippen LogP contribution in [0.3, 0.4) is 0 Å². The van der Waals surface area contributed by atoms with E-state index in [-0.39, 0.29) is 0 Å². The van der Waals surface area contributed by atoms with Gasteiger partial charge in [0.05, 0.1) is 10.6 Å². The van der Waals surface area contributed by atoms with Crippen molar-refractivity contribution in [2.45, 2.75) is 0 Å². The van der Waals surface area contributed by atoms with Crippen molar-refractivity contribution < 1.29 is 0 Å². The largest absolute Gasteiger partial charge is 0.397 e. The summed E-state index contributed by atoms with van der Waals surface area (Å²) in [4.78, 5) is 5.81. The monoisotopic (exact) mass is 300 g/mol. The maximum Gasteiger partial charge on any atom is 0.235 e. The fourth-order valence-electron chi connectivity index (χ4n) is 1.88. The predicted octanol–water partition coefficient (Wildman–Crippen LogP) is 2.56. The van der Waals surface area contributed by atoms with E-state index in [1.54, 1.807) is 28.2 Å². The smallest absolute Gasteiger partial charge is 0.235 e. The summed E-state index contributed by atoms with van der Waals surface area (Å²) >= 11 is 3.04. The molecule has 0 aliphatic carbocycles. The van der Waals surface area contributed by atoms with Crippen LogP contribution < -0.4 is 5.73 Å². The van der Waals surface area contributed by atoms with Gasteiger partial charge in [-0.3, -0.25) is 4.98 Å². The van der Waals surface area contributed by atoms with Crippen LogP contribution in [-0.4, -0.2) is 24.8 Å². The quantitative estimate of drug-likeness (QED) is 0.615. The first-order chi connectivity index (χ1) is 9.83. The summed E-state index contributed by atoms with van der Waals surface area (Å²) in [6.07, 6.45) is 3.47. The van der Waals surface area contributed by atoms with E-state index in [0.29, 0.717) is 5.82 Å². The van der Waals surface area contributed by atoms with Crippen LogP contribution in [0.25, 0.3) is 26.2 Å². The lowest BCUT2D eigenvalue weighted by atomic mass is 10.3. The maximum atomic E-state index is 5.93. The second-order valence-corrected chi connectivity index (χ2v) is 5.94. The Labute approximate surface area is 121 Å². The molecule has 0 aliphatic heterocycles. The Hall–Kier alpha value is -2.32. The van der Waals surface area contributed by atoms with Gasteiger partial charge < -0.3 is 5.73 Å². The van der Waals surface area contributed by atoms with E-state index in [1.165, 1.54) is 11.3 Å². The first-order valence-corrected chi connectivity index (χ1v) is 7.48. The van der Waals surface area contributed by atoms with E-state index in [2.05, 4.69) is 20.3 Å². The van der Waals surface area contributed by atoms with Crippen molar-refractivity contribution in [3.8, 4) is 21.3 Å². The van der Waals surface area contributed by atoms with E-state index >= 15 is 0 Å². The number of rotatable bonds is 2. The van der Waals surface area contributed by atoms with Crippen molar-refractivity contribution in [2.75, 3.05) is 5.73 Å². The van der Waals surface area contributed by atoms with Crippen LogP contribution in [0, 0.1) is 0 Å². The first-order valence-electron chi connectivity index (χ1n) is 5.79. The number of fused-ring (bicyclic) bond motifs is 1. The van der Waals surface area contributed by atoms with Gasteiger partial charge in [0, 0.05) is 18.0 Å². The van der Waals surface area contributed by atoms with Gasteiger partial charge in [-0.25, -0.2) is 0 Å². The highest BCUT2D eigenvalue weighted by Crippen LogP contribution is 2.35. The fourth-order valence-corrected chi connectivity index (χ4v) is 3.64. The zero-order chi connectivity index (χ0) is 13.5. The van der Waals surface area contributed by atoms with Gasteiger partial charge in [-0.15, -0.1) is 21.5 Å². The van der Waals surface area contributed by atoms with Gasteiger partial charge in [0.15, 0.2) is 10.8 Å². The van der Waals surface area contributed by atoms with Gasteiger partial charge in [-0.05, 0) is 23.6 Å². The summed E-state index contributed by atoms with van der Waals surface area (Å²) in [6, 6.07) is 5.67. The van der Waals surface area contributed by atoms with Gasteiger partial charge in [0.1, 0.15) is 0 Å². The third kappa shape index (κ3) is 1.69. The number of nitrogens with zero attached hydrogens (tertiary/aromatic N) is 5. The molecule has 0 radical (unpaired) electrons. The Morgan fingerprint density at radius 2 is 2.15 bits per heavy atom. The van der Waals surface area contributed by atoms with E-state index in [9.17, 15) is 0 Å². The highest BCUT2D eigenvalue weighted by atomic mass is 32.1. The zero-order valence-corrected chi connectivity index (χ0v) is 11.7. The number of hydrogen-bond donors (Lipinski definition) is 1. The molecule has 0 saturated heterocycles. The molecule has 8 heteroatoms. The number of anilines is 1. The van der Waals surface area contributed by atoms with E-state index in [0.717, 1.165) is 26.1 Å². The molecule has 0 fully saturated rings. The summed E-state index contributed by atoms with van der Waals surface area (Å²) in [5.74, 6) is 0.686. The minimum Gasteiger partial charge on any atom is -0.397 e. The Morgan fingerprint density at radius 3 is 2.90 bits per heavy atom. The number of hydrogen-bond acceptors (Lipinski definition) is 7. The molecule has 20 heavy (non-hydrogen) atoms. The molecular weight excluding hydrogens is 292 g/mol. The molecule has 0 amide bonds. The Kier molecular flexibility index (Phi) is 2.51. The van der Waals surface area contributed by atoms with E-state index < -0.39 is 0 Å². The molecule has 2 N–H and O–H groups in total. The SMILES string of the molecule is Nc1ccsc1-c1nn2c(-c3cccnc3)nnc2s1. The number of nitrogens with two attached hydrogens (primary N) is 1. The van der Waals surface area contributed by atoms with E-state index in [4.69, 9.17) is 5.73 Å². The summed E-state index contributed by atoms with van der Waals surface area (Å²) in [5, 5.41) is 15.7. The molecule has 0 saturated carbocycles. The Bertz CT molecular complexity index is 876. The first kappa shape index (κ1) is 11.5. The van der Waals surface area contributed by atoms with Crippen molar-refractivity contribution in [3.05, 3.63) is 36.0 Å².